The highest BCUT2D eigenvalue weighted by molar-refractivity contribution is 7.16. The van der Waals surface area contributed by atoms with E-state index < -0.39 is 23.8 Å². The van der Waals surface area contributed by atoms with Gasteiger partial charge in [-0.15, -0.1) is 21.5 Å². The van der Waals surface area contributed by atoms with Crippen molar-refractivity contribution in [1.82, 2.24) is 30.3 Å². The first-order valence-electron chi connectivity index (χ1n) is 10.7. The van der Waals surface area contributed by atoms with Gasteiger partial charge in [0.25, 0.3) is 5.89 Å². The summed E-state index contributed by atoms with van der Waals surface area (Å²) in [6.45, 7) is 1.89. The molecule has 0 saturated heterocycles. The molecular formula is C23H18F3N7O2S. The Bertz CT molecular complexity index is 1560. The van der Waals surface area contributed by atoms with Crippen molar-refractivity contribution in [3.63, 3.8) is 0 Å². The molecule has 0 spiro atoms. The van der Waals surface area contributed by atoms with Gasteiger partial charge in [0.2, 0.25) is 11.8 Å². The Morgan fingerprint density at radius 3 is 2.75 bits per heavy atom. The van der Waals surface area contributed by atoms with Crippen molar-refractivity contribution in [1.29, 1.82) is 0 Å². The fourth-order valence-electron chi connectivity index (χ4n) is 3.47. The van der Waals surface area contributed by atoms with Crippen molar-refractivity contribution >= 4 is 27.5 Å². The first-order chi connectivity index (χ1) is 17.2. The van der Waals surface area contributed by atoms with E-state index in [1.165, 1.54) is 11.3 Å². The minimum Gasteiger partial charge on any atom is -0.415 e. The smallest absolute Gasteiger partial charge is 0.415 e. The number of aromatic nitrogens is 5. The van der Waals surface area contributed by atoms with E-state index in [0.29, 0.717) is 16.8 Å². The van der Waals surface area contributed by atoms with Crippen LogP contribution in [-0.4, -0.2) is 36.9 Å². The lowest BCUT2D eigenvalue weighted by atomic mass is 10.2. The number of halogens is 3. The topological polar surface area (TPSA) is 125 Å². The van der Waals surface area contributed by atoms with E-state index in [-0.39, 0.29) is 24.0 Å². The number of primary amides is 1. The molecule has 1 atom stereocenters. The molecule has 3 heterocycles. The fourth-order valence-corrected chi connectivity index (χ4v) is 4.19. The van der Waals surface area contributed by atoms with E-state index in [4.69, 9.17) is 10.2 Å². The third-order valence-electron chi connectivity index (χ3n) is 5.42. The van der Waals surface area contributed by atoms with Crippen LogP contribution in [0.1, 0.15) is 18.2 Å². The fraction of sp³-hybridized carbons (Fsp3) is 0.174. The Kier molecular flexibility index (Phi) is 6.02. The average molecular weight is 514 g/mol. The normalized spacial score (nSPS) is 12.8. The number of nitrogens with one attached hydrogen (secondary N) is 1. The molecule has 36 heavy (non-hydrogen) atoms. The maximum Gasteiger partial charge on any atom is 0.435 e. The van der Waals surface area contributed by atoms with Crippen LogP contribution in [0.2, 0.25) is 0 Å². The highest BCUT2D eigenvalue weighted by atomic mass is 32.1. The lowest BCUT2D eigenvalue weighted by molar-refractivity contribution is -0.141. The van der Waals surface area contributed by atoms with Crippen LogP contribution in [0, 0.1) is 0 Å². The van der Waals surface area contributed by atoms with Crippen molar-refractivity contribution in [2.75, 3.05) is 0 Å². The second kappa shape index (κ2) is 9.17. The average Bonchev–Trinajstić information content (AvgIpc) is 3.60. The largest absolute Gasteiger partial charge is 0.435 e. The minimum atomic E-state index is -4.68. The van der Waals surface area contributed by atoms with E-state index in [0.717, 1.165) is 21.0 Å². The number of amides is 1. The number of thiazole rings is 1. The lowest BCUT2D eigenvalue weighted by Gasteiger charge is -2.11. The van der Waals surface area contributed by atoms with E-state index in [1.807, 2.05) is 6.07 Å². The number of alkyl halides is 3. The lowest BCUT2D eigenvalue weighted by Crippen LogP contribution is -2.38. The number of nitrogens with two attached hydrogens (primary N) is 1. The van der Waals surface area contributed by atoms with Crippen LogP contribution in [0.25, 0.3) is 38.9 Å². The molecule has 0 aliphatic carbocycles. The number of carbonyl (C=O) groups excluding carboxylic acids is 1. The number of hydrogen-bond donors (Lipinski definition) is 2. The van der Waals surface area contributed by atoms with Crippen LogP contribution >= 0.6 is 11.3 Å². The molecule has 5 rings (SSSR count). The summed E-state index contributed by atoms with van der Waals surface area (Å²) in [5.41, 5.74) is 8.34. The summed E-state index contributed by atoms with van der Waals surface area (Å²) in [5, 5.41) is 14.8. The Morgan fingerprint density at radius 1 is 1.17 bits per heavy atom. The highest BCUT2D eigenvalue weighted by Gasteiger charge is 2.36. The van der Waals surface area contributed by atoms with Crippen molar-refractivity contribution in [2.24, 2.45) is 5.73 Å². The zero-order valence-electron chi connectivity index (χ0n) is 18.7. The van der Waals surface area contributed by atoms with Gasteiger partial charge in [-0.3, -0.25) is 4.79 Å². The number of rotatable bonds is 7. The summed E-state index contributed by atoms with van der Waals surface area (Å²) < 4.78 is 48.5. The standard InChI is InChI=1S/C23H18F3N7O2S/c1-12(20(27)34)28-10-13-3-2-4-15(7-13)33-17(9-19(32-33)23(24,25)26)22-31-30-21(35-22)14-5-6-16-18(8-14)36-11-29-16/h2-9,11-12,28H,10H2,1H3,(H2,27,34)/t12-/m0/s1. The summed E-state index contributed by atoms with van der Waals surface area (Å²) in [4.78, 5) is 15.5. The van der Waals surface area contributed by atoms with E-state index in [1.54, 1.807) is 48.8 Å². The number of benzene rings is 2. The van der Waals surface area contributed by atoms with Crippen LogP contribution in [0.3, 0.4) is 0 Å². The van der Waals surface area contributed by atoms with Gasteiger partial charge in [-0.1, -0.05) is 12.1 Å². The maximum absolute atomic E-state index is 13.6. The molecule has 0 aliphatic rings. The first-order valence-corrected chi connectivity index (χ1v) is 11.5. The van der Waals surface area contributed by atoms with Crippen molar-refractivity contribution in [3.05, 3.63) is 65.3 Å². The summed E-state index contributed by atoms with van der Waals surface area (Å²) in [6, 6.07) is 12.3. The maximum atomic E-state index is 13.6. The molecule has 0 radical (unpaired) electrons. The first kappa shape index (κ1) is 23.6. The van der Waals surface area contributed by atoms with Crippen LogP contribution in [-0.2, 0) is 17.5 Å². The van der Waals surface area contributed by atoms with Crippen LogP contribution in [0.15, 0.2) is 58.5 Å². The SMILES string of the molecule is C[C@H](NCc1cccc(-n2nc(C(F)(F)F)cc2-c2nnc(-c3ccc4ncsc4c3)o2)c1)C(N)=O. The van der Waals surface area contributed by atoms with Gasteiger partial charge in [0.1, 0.15) is 5.69 Å². The number of fused-ring (bicyclic) bond motifs is 1. The molecule has 2 aromatic carbocycles. The monoisotopic (exact) mass is 513 g/mol. The second-order valence-corrected chi connectivity index (χ2v) is 8.83. The molecule has 0 saturated carbocycles. The van der Waals surface area contributed by atoms with Gasteiger partial charge in [-0.25, -0.2) is 9.67 Å². The van der Waals surface area contributed by atoms with Crippen LogP contribution in [0.4, 0.5) is 13.2 Å². The molecule has 0 bridgehead atoms. The molecule has 3 aromatic heterocycles. The molecule has 1 amide bonds. The highest BCUT2D eigenvalue weighted by Crippen LogP contribution is 2.34. The van der Waals surface area contributed by atoms with Crippen molar-refractivity contribution in [2.45, 2.75) is 25.7 Å². The molecule has 0 fully saturated rings. The van der Waals surface area contributed by atoms with Gasteiger partial charge in [-0.05, 0) is 42.8 Å². The molecule has 5 aromatic rings. The number of nitrogens with zero attached hydrogens (tertiary/aromatic N) is 5. The van der Waals surface area contributed by atoms with Gasteiger partial charge in [0, 0.05) is 18.2 Å². The van der Waals surface area contributed by atoms with Gasteiger partial charge in [0.15, 0.2) is 5.69 Å². The Labute approximate surface area is 205 Å². The predicted molar refractivity (Wildman–Crippen MR) is 126 cm³/mol. The number of hydrogen-bond acceptors (Lipinski definition) is 8. The third-order valence-corrected chi connectivity index (χ3v) is 6.21. The molecule has 0 unspecified atom stereocenters. The third kappa shape index (κ3) is 4.70. The zero-order chi connectivity index (χ0) is 25.4. The Hall–Kier alpha value is -4.10. The number of carbonyl (C=O) groups is 1. The molecule has 184 valence electrons. The summed E-state index contributed by atoms with van der Waals surface area (Å²) in [5.74, 6) is -0.486. The predicted octanol–water partition coefficient (Wildman–Crippen LogP) is 4.18. The second-order valence-electron chi connectivity index (χ2n) is 7.95. The minimum absolute atomic E-state index is 0.0180. The summed E-state index contributed by atoms with van der Waals surface area (Å²) >= 11 is 1.44. The Balaban J connectivity index is 1.52. The van der Waals surface area contributed by atoms with Crippen molar-refractivity contribution in [3.8, 4) is 28.7 Å². The van der Waals surface area contributed by atoms with Gasteiger partial charge < -0.3 is 15.5 Å². The van der Waals surface area contributed by atoms with E-state index >= 15 is 0 Å². The van der Waals surface area contributed by atoms with Gasteiger partial charge in [0.05, 0.1) is 27.5 Å². The van der Waals surface area contributed by atoms with E-state index in [9.17, 15) is 18.0 Å². The Morgan fingerprint density at radius 2 is 1.97 bits per heavy atom. The van der Waals surface area contributed by atoms with Gasteiger partial charge >= 0.3 is 6.18 Å². The summed E-state index contributed by atoms with van der Waals surface area (Å²) in [6.07, 6.45) is -4.68. The molecule has 0 aliphatic heterocycles. The van der Waals surface area contributed by atoms with Crippen molar-refractivity contribution < 1.29 is 22.4 Å². The quantitative estimate of drug-likeness (QED) is 0.334. The molecular weight excluding hydrogens is 495 g/mol. The van der Waals surface area contributed by atoms with Crippen LogP contribution in [0.5, 0.6) is 0 Å². The molecule has 9 nitrogen and oxygen atoms in total. The molecule has 13 heteroatoms. The van der Waals surface area contributed by atoms with Gasteiger partial charge in [-0.2, -0.15) is 18.3 Å². The van der Waals surface area contributed by atoms with E-state index in [2.05, 4.69) is 25.6 Å². The summed E-state index contributed by atoms with van der Waals surface area (Å²) in [7, 11) is 0. The molecule has 3 N–H and O–H groups in total. The zero-order valence-corrected chi connectivity index (χ0v) is 19.5. The van der Waals surface area contributed by atoms with Crippen LogP contribution < -0.4 is 11.1 Å².